The molecule has 1 aromatic carbocycles. The number of carbonyl (C=O) groups is 1. The van der Waals surface area contributed by atoms with Crippen LogP contribution in [0, 0.1) is 0 Å². The van der Waals surface area contributed by atoms with Crippen LogP contribution in [0.4, 0.5) is 0 Å². The summed E-state index contributed by atoms with van der Waals surface area (Å²) in [6.07, 6.45) is 4.81. The molecule has 0 saturated heterocycles. The number of nitrogens with zero attached hydrogens (tertiary/aromatic N) is 4. The van der Waals surface area contributed by atoms with Gasteiger partial charge in [-0.1, -0.05) is 6.08 Å². The van der Waals surface area contributed by atoms with Crippen molar-refractivity contribution in [3.05, 3.63) is 41.7 Å². The van der Waals surface area contributed by atoms with Crippen LogP contribution in [0.25, 0.3) is 0 Å². The quantitative estimate of drug-likeness (QED) is 0.431. The average molecular weight is 330 g/mol. The summed E-state index contributed by atoms with van der Waals surface area (Å²) >= 11 is 0. The standard InChI is InChI=1S/C17H22N4O3/c1-4-7-13-10-14(12(2)22)15(23)11-16(13)24-9-6-5-8-17-18-19-20-21(17)3/h4,10-11,23H,1,5-9H2,2-3H3. The van der Waals surface area contributed by atoms with Crippen LogP contribution in [-0.2, 0) is 19.9 Å². The highest BCUT2D eigenvalue weighted by Gasteiger charge is 2.13. The largest absolute Gasteiger partial charge is 0.507 e. The van der Waals surface area contributed by atoms with Crippen molar-refractivity contribution in [2.45, 2.75) is 32.6 Å². The van der Waals surface area contributed by atoms with E-state index in [2.05, 4.69) is 22.1 Å². The average Bonchev–Trinajstić information content (AvgIpc) is 2.94. The number of benzene rings is 1. The second-order valence-corrected chi connectivity index (χ2v) is 5.55. The van der Waals surface area contributed by atoms with Crippen molar-refractivity contribution in [1.82, 2.24) is 20.2 Å². The van der Waals surface area contributed by atoms with Crippen molar-refractivity contribution in [3.8, 4) is 11.5 Å². The van der Waals surface area contributed by atoms with Crippen molar-refractivity contribution in [2.75, 3.05) is 6.61 Å². The van der Waals surface area contributed by atoms with Crippen molar-refractivity contribution >= 4 is 5.78 Å². The van der Waals surface area contributed by atoms with Gasteiger partial charge in [0.25, 0.3) is 0 Å². The van der Waals surface area contributed by atoms with Crippen molar-refractivity contribution in [3.63, 3.8) is 0 Å². The Labute approximate surface area is 141 Å². The molecule has 0 amide bonds. The molecular formula is C17H22N4O3. The Kier molecular flexibility index (Phi) is 6.06. The number of rotatable bonds is 9. The van der Waals surface area contributed by atoms with E-state index in [-0.39, 0.29) is 11.5 Å². The predicted molar refractivity (Wildman–Crippen MR) is 89.2 cm³/mol. The summed E-state index contributed by atoms with van der Waals surface area (Å²) in [6.45, 7) is 5.65. The van der Waals surface area contributed by atoms with Crippen molar-refractivity contribution < 1.29 is 14.6 Å². The predicted octanol–water partition coefficient (Wildman–Crippen LogP) is 2.25. The maximum absolute atomic E-state index is 11.5. The van der Waals surface area contributed by atoms with E-state index < -0.39 is 0 Å². The highest BCUT2D eigenvalue weighted by Crippen LogP contribution is 2.29. The zero-order valence-electron chi connectivity index (χ0n) is 14.0. The summed E-state index contributed by atoms with van der Waals surface area (Å²) < 4.78 is 7.43. The first-order valence-corrected chi connectivity index (χ1v) is 7.84. The van der Waals surface area contributed by atoms with Gasteiger partial charge in [-0.05, 0) is 48.2 Å². The zero-order chi connectivity index (χ0) is 17.5. The molecule has 0 aliphatic heterocycles. The van der Waals surface area contributed by atoms with Crippen LogP contribution in [0.15, 0.2) is 24.8 Å². The molecule has 0 aliphatic rings. The Balaban J connectivity index is 1.93. The molecule has 0 saturated carbocycles. The van der Waals surface area contributed by atoms with Gasteiger partial charge in [0, 0.05) is 19.5 Å². The minimum absolute atomic E-state index is 0.0597. The number of unbranched alkanes of at least 4 members (excludes halogenated alkanes) is 1. The van der Waals surface area contributed by atoms with Crippen LogP contribution in [0.2, 0.25) is 0 Å². The Morgan fingerprint density at radius 3 is 2.83 bits per heavy atom. The summed E-state index contributed by atoms with van der Waals surface area (Å²) in [7, 11) is 1.81. The van der Waals surface area contributed by atoms with E-state index in [1.54, 1.807) is 16.8 Å². The summed E-state index contributed by atoms with van der Waals surface area (Å²) in [5.74, 6) is 1.18. The van der Waals surface area contributed by atoms with Crippen molar-refractivity contribution in [2.24, 2.45) is 7.05 Å². The van der Waals surface area contributed by atoms with Gasteiger partial charge >= 0.3 is 0 Å². The maximum atomic E-state index is 11.5. The van der Waals surface area contributed by atoms with Crippen LogP contribution in [0.5, 0.6) is 11.5 Å². The number of aromatic nitrogens is 4. The van der Waals surface area contributed by atoms with Gasteiger partial charge in [0.2, 0.25) is 0 Å². The molecule has 1 aromatic heterocycles. The number of phenols is 1. The number of ketones is 1. The molecule has 0 atom stereocenters. The number of aromatic hydroxyl groups is 1. The summed E-state index contributed by atoms with van der Waals surface area (Å²) in [5, 5.41) is 21.3. The molecule has 24 heavy (non-hydrogen) atoms. The molecule has 0 unspecified atom stereocenters. The van der Waals surface area contributed by atoms with Crippen LogP contribution in [0.3, 0.4) is 0 Å². The lowest BCUT2D eigenvalue weighted by molar-refractivity contribution is 0.101. The highest BCUT2D eigenvalue weighted by atomic mass is 16.5. The molecule has 0 bridgehead atoms. The topological polar surface area (TPSA) is 90.1 Å². The zero-order valence-corrected chi connectivity index (χ0v) is 14.0. The SMILES string of the molecule is C=CCc1cc(C(C)=O)c(O)cc1OCCCCc1nnnn1C. The van der Waals surface area contributed by atoms with Gasteiger partial charge in [0.1, 0.15) is 11.5 Å². The summed E-state index contributed by atoms with van der Waals surface area (Å²) in [4.78, 5) is 11.5. The second kappa shape index (κ2) is 8.24. The minimum Gasteiger partial charge on any atom is -0.507 e. The highest BCUT2D eigenvalue weighted by molar-refractivity contribution is 5.97. The first kappa shape index (κ1) is 17.7. The molecule has 2 aromatic rings. The van der Waals surface area contributed by atoms with E-state index in [0.29, 0.717) is 24.3 Å². The lowest BCUT2D eigenvalue weighted by Crippen LogP contribution is -2.04. The van der Waals surface area contributed by atoms with Crippen LogP contribution < -0.4 is 4.74 Å². The third-order valence-corrected chi connectivity index (χ3v) is 3.68. The fourth-order valence-corrected chi connectivity index (χ4v) is 2.37. The molecule has 1 N–H and O–H groups in total. The molecule has 0 spiro atoms. The van der Waals surface area contributed by atoms with E-state index in [1.807, 2.05) is 7.05 Å². The number of hydrogen-bond acceptors (Lipinski definition) is 6. The second-order valence-electron chi connectivity index (χ2n) is 5.55. The molecule has 7 nitrogen and oxygen atoms in total. The van der Waals surface area contributed by atoms with Crippen LogP contribution in [0.1, 0.15) is 41.5 Å². The number of tetrazole rings is 1. The summed E-state index contributed by atoms with van der Waals surface area (Å²) in [5.41, 5.74) is 1.14. The fourth-order valence-electron chi connectivity index (χ4n) is 2.37. The van der Waals surface area contributed by atoms with Crippen LogP contribution >= 0.6 is 0 Å². The number of hydrogen-bond donors (Lipinski definition) is 1. The lowest BCUT2D eigenvalue weighted by atomic mass is 10.0. The number of carbonyl (C=O) groups excluding carboxylic acids is 1. The van der Waals surface area contributed by atoms with Gasteiger partial charge in [0.15, 0.2) is 11.6 Å². The first-order valence-electron chi connectivity index (χ1n) is 7.84. The Morgan fingerprint density at radius 1 is 1.42 bits per heavy atom. The molecule has 0 fully saturated rings. The third-order valence-electron chi connectivity index (χ3n) is 3.68. The smallest absolute Gasteiger partial charge is 0.163 e. The van der Waals surface area contributed by atoms with Gasteiger partial charge in [-0.25, -0.2) is 4.68 Å². The van der Waals surface area contributed by atoms with Gasteiger partial charge in [-0.15, -0.1) is 11.7 Å². The van der Waals surface area contributed by atoms with Gasteiger partial charge in [-0.2, -0.15) is 0 Å². The minimum atomic E-state index is -0.179. The van der Waals surface area contributed by atoms with E-state index in [9.17, 15) is 9.90 Å². The van der Waals surface area contributed by atoms with E-state index in [1.165, 1.54) is 13.0 Å². The van der Waals surface area contributed by atoms with Gasteiger partial charge in [-0.3, -0.25) is 4.79 Å². The number of allylic oxidation sites excluding steroid dienone is 1. The molecule has 1 heterocycles. The van der Waals surface area contributed by atoms with Gasteiger partial charge in [0.05, 0.1) is 12.2 Å². The molecule has 0 aliphatic carbocycles. The molecule has 2 rings (SSSR count). The van der Waals surface area contributed by atoms with Gasteiger partial charge < -0.3 is 9.84 Å². The molecule has 0 radical (unpaired) electrons. The Bertz CT molecular complexity index is 725. The number of Topliss-reactive ketones (excluding diaryl/α,β-unsaturated/α-hetero) is 1. The lowest BCUT2D eigenvalue weighted by Gasteiger charge is -2.13. The number of aryl methyl sites for hydroxylation is 2. The molecule has 128 valence electrons. The Morgan fingerprint density at radius 2 is 2.21 bits per heavy atom. The maximum Gasteiger partial charge on any atom is 0.163 e. The van der Waals surface area contributed by atoms with E-state index in [0.717, 1.165) is 30.7 Å². The Hall–Kier alpha value is -2.70. The number of phenolic OH excluding ortho intramolecular Hbond substituents is 1. The third kappa shape index (κ3) is 4.41. The van der Waals surface area contributed by atoms with E-state index in [4.69, 9.17) is 4.74 Å². The summed E-state index contributed by atoms with van der Waals surface area (Å²) in [6, 6.07) is 3.17. The van der Waals surface area contributed by atoms with Crippen LogP contribution in [-0.4, -0.2) is 37.7 Å². The fraction of sp³-hybridized carbons (Fsp3) is 0.412. The normalized spacial score (nSPS) is 10.6. The molecule has 7 heteroatoms. The first-order chi connectivity index (χ1) is 11.5. The number of ether oxygens (including phenoxy) is 1. The van der Waals surface area contributed by atoms with Crippen molar-refractivity contribution in [1.29, 1.82) is 0 Å². The monoisotopic (exact) mass is 330 g/mol. The molecular weight excluding hydrogens is 308 g/mol. The van der Waals surface area contributed by atoms with E-state index >= 15 is 0 Å².